The molecule has 0 aliphatic carbocycles. The Morgan fingerprint density at radius 3 is 3.06 bits per heavy atom. The van der Waals surface area contributed by atoms with Crippen molar-refractivity contribution in [1.29, 1.82) is 0 Å². The minimum Gasteiger partial charge on any atom is -0.444 e. The van der Waals surface area contributed by atoms with Crippen LogP contribution in [0.1, 0.15) is 57.2 Å². The van der Waals surface area contributed by atoms with E-state index in [1.807, 2.05) is 6.20 Å². The van der Waals surface area contributed by atoms with Gasteiger partial charge in [0.1, 0.15) is 5.76 Å². The third-order valence-electron chi connectivity index (χ3n) is 3.35. The topological polar surface area (TPSA) is 47.3 Å². The molecule has 2 rings (SSSR count). The quantitative estimate of drug-likeness (QED) is 0.856. The molecule has 4 heteroatoms. The van der Waals surface area contributed by atoms with Gasteiger partial charge in [-0.25, -0.2) is 4.98 Å². The van der Waals surface area contributed by atoms with Gasteiger partial charge in [-0.15, -0.1) is 0 Å². The zero-order valence-corrected chi connectivity index (χ0v) is 10.9. The number of hydrogen-bond donors (Lipinski definition) is 1. The van der Waals surface area contributed by atoms with Crippen molar-refractivity contribution in [1.82, 2.24) is 10.3 Å². The molecule has 2 heterocycles. The Labute approximate surface area is 103 Å². The second kappa shape index (κ2) is 5.65. The van der Waals surface area contributed by atoms with Crippen molar-refractivity contribution >= 4 is 0 Å². The highest BCUT2D eigenvalue weighted by Crippen LogP contribution is 2.32. The van der Waals surface area contributed by atoms with Gasteiger partial charge < -0.3 is 14.5 Å². The van der Waals surface area contributed by atoms with E-state index in [9.17, 15) is 0 Å². The first-order valence-electron chi connectivity index (χ1n) is 6.53. The van der Waals surface area contributed by atoms with Crippen LogP contribution in [0.15, 0.2) is 10.6 Å². The van der Waals surface area contributed by atoms with Crippen LogP contribution in [0.5, 0.6) is 0 Å². The Morgan fingerprint density at radius 2 is 2.41 bits per heavy atom. The Kier molecular flexibility index (Phi) is 4.18. The van der Waals surface area contributed by atoms with E-state index < -0.39 is 0 Å². The number of oxazole rings is 1. The van der Waals surface area contributed by atoms with Gasteiger partial charge in [-0.2, -0.15) is 0 Å². The highest BCUT2D eigenvalue weighted by molar-refractivity contribution is 5.07. The van der Waals surface area contributed by atoms with E-state index in [2.05, 4.69) is 31.1 Å². The van der Waals surface area contributed by atoms with Gasteiger partial charge in [0.15, 0.2) is 0 Å². The fourth-order valence-electron chi connectivity index (χ4n) is 2.23. The lowest BCUT2D eigenvalue weighted by atomic mass is 10.0. The molecule has 1 fully saturated rings. The maximum Gasteiger partial charge on any atom is 0.211 e. The van der Waals surface area contributed by atoms with Crippen molar-refractivity contribution in [3.8, 4) is 0 Å². The van der Waals surface area contributed by atoms with Gasteiger partial charge in [-0.3, -0.25) is 0 Å². The predicted molar refractivity (Wildman–Crippen MR) is 66.0 cm³/mol. The maximum atomic E-state index is 5.84. The van der Waals surface area contributed by atoms with Crippen molar-refractivity contribution in [2.75, 3.05) is 13.2 Å². The summed E-state index contributed by atoms with van der Waals surface area (Å²) in [5, 5.41) is 3.38. The highest BCUT2D eigenvalue weighted by Gasteiger charge is 2.29. The smallest absolute Gasteiger partial charge is 0.211 e. The molecule has 3 unspecified atom stereocenters. The standard InChI is InChI=1S/C13H22N2O2/c1-4-6-14-9(2)13-15-8-12(17-13)11-5-7-16-10(11)3/h8-11,14H,4-7H2,1-3H3. The van der Waals surface area contributed by atoms with E-state index >= 15 is 0 Å². The fraction of sp³-hybridized carbons (Fsp3) is 0.769. The van der Waals surface area contributed by atoms with E-state index in [4.69, 9.17) is 9.15 Å². The lowest BCUT2D eigenvalue weighted by molar-refractivity contribution is 0.115. The summed E-state index contributed by atoms with van der Waals surface area (Å²) in [6, 6.07) is 0.182. The van der Waals surface area contributed by atoms with Gasteiger partial charge >= 0.3 is 0 Å². The summed E-state index contributed by atoms with van der Waals surface area (Å²) in [5.74, 6) is 2.12. The fourth-order valence-corrected chi connectivity index (χ4v) is 2.23. The molecule has 3 atom stereocenters. The Morgan fingerprint density at radius 1 is 1.59 bits per heavy atom. The van der Waals surface area contributed by atoms with E-state index in [0.29, 0.717) is 5.92 Å². The Hall–Kier alpha value is -0.870. The summed E-state index contributed by atoms with van der Waals surface area (Å²) in [5.41, 5.74) is 0. The minimum atomic E-state index is 0.182. The van der Waals surface area contributed by atoms with Gasteiger partial charge in [-0.1, -0.05) is 6.92 Å². The first-order chi connectivity index (χ1) is 8.22. The molecular formula is C13H22N2O2. The average Bonchev–Trinajstić information content (AvgIpc) is 2.93. The lowest BCUT2D eigenvalue weighted by Crippen LogP contribution is -2.19. The number of nitrogens with zero attached hydrogens (tertiary/aromatic N) is 1. The minimum absolute atomic E-state index is 0.182. The second-order valence-corrected chi connectivity index (χ2v) is 4.75. The van der Waals surface area contributed by atoms with Crippen LogP contribution in [-0.4, -0.2) is 24.2 Å². The van der Waals surface area contributed by atoms with Crippen LogP contribution in [0.4, 0.5) is 0 Å². The number of nitrogens with one attached hydrogen (secondary N) is 1. The van der Waals surface area contributed by atoms with Crippen molar-refractivity contribution in [3.05, 3.63) is 17.8 Å². The highest BCUT2D eigenvalue weighted by atomic mass is 16.5. The molecule has 1 aliphatic rings. The molecule has 0 radical (unpaired) electrons. The molecule has 0 amide bonds. The van der Waals surface area contributed by atoms with Crippen molar-refractivity contribution in [2.24, 2.45) is 0 Å². The van der Waals surface area contributed by atoms with Gasteiger partial charge in [0, 0.05) is 12.5 Å². The molecule has 0 bridgehead atoms. The first kappa shape index (κ1) is 12.6. The molecule has 0 aromatic carbocycles. The van der Waals surface area contributed by atoms with E-state index in [-0.39, 0.29) is 12.1 Å². The molecule has 1 aromatic rings. The third kappa shape index (κ3) is 2.87. The molecule has 0 spiro atoms. The largest absolute Gasteiger partial charge is 0.444 e. The van der Waals surface area contributed by atoms with Crippen LogP contribution in [0.2, 0.25) is 0 Å². The molecule has 17 heavy (non-hydrogen) atoms. The van der Waals surface area contributed by atoms with Crippen LogP contribution in [0.3, 0.4) is 0 Å². The van der Waals surface area contributed by atoms with Gasteiger partial charge in [0.2, 0.25) is 5.89 Å². The van der Waals surface area contributed by atoms with Crippen molar-refractivity contribution in [2.45, 2.75) is 51.7 Å². The van der Waals surface area contributed by atoms with Crippen molar-refractivity contribution in [3.63, 3.8) is 0 Å². The summed E-state index contributed by atoms with van der Waals surface area (Å²) >= 11 is 0. The predicted octanol–water partition coefficient (Wildman–Crippen LogP) is 2.63. The Bertz CT molecular complexity index is 351. The Balaban J connectivity index is 2.00. The van der Waals surface area contributed by atoms with E-state index in [0.717, 1.165) is 37.6 Å². The molecule has 1 N–H and O–H groups in total. The average molecular weight is 238 g/mol. The van der Waals surface area contributed by atoms with Gasteiger partial charge in [0.25, 0.3) is 0 Å². The SMILES string of the molecule is CCCNC(C)c1ncc(C2CCOC2C)o1. The monoisotopic (exact) mass is 238 g/mol. The van der Waals surface area contributed by atoms with E-state index in [1.54, 1.807) is 0 Å². The molecule has 4 nitrogen and oxygen atoms in total. The molecule has 1 aliphatic heterocycles. The van der Waals surface area contributed by atoms with Crippen LogP contribution in [0, 0.1) is 0 Å². The number of ether oxygens (including phenoxy) is 1. The summed E-state index contributed by atoms with van der Waals surface area (Å²) in [6.07, 6.45) is 4.25. The maximum absolute atomic E-state index is 5.84. The van der Waals surface area contributed by atoms with Crippen LogP contribution in [0.25, 0.3) is 0 Å². The lowest BCUT2D eigenvalue weighted by Gasteiger charge is -2.11. The molecule has 0 saturated carbocycles. The van der Waals surface area contributed by atoms with Gasteiger partial charge in [0.05, 0.1) is 18.3 Å². The van der Waals surface area contributed by atoms with Crippen LogP contribution >= 0.6 is 0 Å². The van der Waals surface area contributed by atoms with Crippen molar-refractivity contribution < 1.29 is 9.15 Å². The molecule has 1 aromatic heterocycles. The number of rotatable bonds is 5. The first-order valence-corrected chi connectivity index (χ1v) is 6.53. The third-order valence-corrected chi connectivity index (χ3v) is 3.35. The zero-order valence-electron chi connectivity index (χ0n) is 10.9. The molecular weight excluding hydrogens is 216 g/mol. The van der Waals surface area contributed by atoms with Crippen LogP contribution < -0.4 is 5.32 Å². The second-order valence-electron chi connectivity index (χ2n) is 4.75. The summed E-state index contributed by atoms with van der Waals surface area (Å²) in [4.78, 5) is 4.36. The van der Waals surface area contributed by atoms with E-state index in [1.165, 1.54) is 0 Å². The molecule has 96 valence electrons. The molecule has 1 saturated heterocycles. The number of hydrogen-bond acceptors (Lipinski definition) is 4. The van der Waals surface area contributed by atoms with Gasteiger partial charge in [-0.05, 0) is 33.2 Å². The number of aromatic nitrogens is 1. The summed E-state index contributed by atoms with van der Waals surface area (Å²) in [6.45, 7) is 8.14. The normalized spacial score (nSPS) is 26.3. The van der Waals surface area contributed by atoms with Crippen LogP contribution in [-0.2, 0) is 4.74 Å². The zero-order chi connectivity index (χ0) is 12.3. The summed E-state index contributed by atoms with van der Waals surface area (Å²) in [7, 11) is 0. The summed E-state index contributed by atoms with van der Waals surface area (Å²) < 4.78 is 11.4.